The summed E-state index contributed by atoms with van der Waals surface area (Å²) in [6.07, 6.45) is 4.61. The first-order valence-corrected chi connectivity index (χ1v) is 18.6. The van der Waals surface area contributed by atoms with Crippen LogP contribution in [0.2, 0.25) is 0 Å². The Morgan fingerprint density at radius 3 is 2.11 bits per heavy atom. The Balaban J connectivity index is 0.972. The van der Waals surface area contributed by atoms with Crippen LogP contribution in [0.1, 0.15) is 54.0 Å². The van der Waals surface area contributed by atoms with Gasteiger partial charge in [-0.2, -0.15) is 0 Å². The van der Waals surface area contributed by atoms with Crippen LogP contribution in [0.3, 0.4) is 0 Å². The van der Waals surface area contributed by atoms with Crippen molar-refractivity contribution in [3.8, 4) is 22.6 Å². The number of rotatable bonds is 9. The normalized spacial score (nSPS) is 19.5. The molecule has 0 aliphatic carbocycles. The molecule has 1 N–H and O–H groups in total. The van der Waals surface area contributed by atoms with E-state index in [-0.39, 0.29) is 23.6 Å². The summed E-state index contributed by atoms with van der Waals surface area (Å²) in [4.78, 5) is 57.9. The SMILES string of the molecule is COc1cc(-c2cn(C)c(=O)c(C)c2C)cc(OC)c1CN1CCC(N2CCN(Cc3cccc4c3n(C)c(=O)n4C3CCC(=O)NC3=O)CC2)CC1. The highest BCUT2D eigenvalue weighted by Crippen LogP contribution is 2.38. The summed E-state index contributed by atoms with van der Waals surface area (Å²) in [6, 6.07) is 9.89. The molecule has 3 fully saturated rings. The van der Waals surface area contributed by atoms with E-state index >= 15 is 0 Å². The van der Waals surface area contributed by atoms with Crippen LogP contribution in [0.25, 0.3) is 22.2 Å². The number of ether oxygens (including phenoxy) is 2. The molecule has 3 aliphatic rings. The number of aromatic nitrogens is 3. The van der Waals surface area contributed by atoms with Crippen LogP contribution < -0.4 is 26.0 Å². The number of amides is 2. The van der Waals surface area contributed by atoms with Gasteiger partial charge in [-0.3, -0.25) is 43.5 Å². The van der Waals surface area contributed by atoms with Crippen molar-refractivity contribution in [2.45, 2.75) is 64.7 Å². The molecular weight excluding hydrogens is 674 g/mol. The molecule has 3 aliphatic heterocycles. The summed E-state index contributed by atoms with van der Waals surface area (Å²) in [5.74, 6) is 0.859. The fourth-order valence-electron chi connectivity index (χ4n) is 8.63. The smallest absolute Gasteiger partial charge is 0.329 e. The number of carbonyl (C=O) groups excluding carboxylic acids is 2. The molecule has 13 heteroatoms. The number of likely N-dealkylation sites (tertiary alicyclic amines) is 1. The van der Waals surface area contributed by atoms with Crippen LogP contribution >= 0.6 is 0 Å². The van der Waals surface area contributed by atoms with E-state index in [1.54, 1.807) is 42.0 Å². The lowest BCUT2D eigenvalue weighted by molar-refractivity contribution is -0.135. The van der Waals surface area contributed by atoms with Crippen molar-refractivity contribution in [2.24, 2.45) is 14.1 Å². The van der Waals surface area contributed by atoms with Gasteiger partial charge in [-0.05, 0) is 81.1 Å². The van der Waals surface area contributed by atoms with Gasteiger partial charge in [-0.1, -0.05) is 12.1 Å². The summed E-state index contributed by atoms with van der Waals surface area (Å²) < 4.78 is 16.7. The van der Waals surface area contributed by atoms with E-state index < -0.39 is 11.9 Å². The molecule has 2 amide bonds. The van der Waals surface area contributed by atoms with Crippen molar-refractivity contribution in [1.82, 2.24) is 33.7 Å². The molecular formula is C40H51N7O6. The van der Waals surface area contributed by atoms with Gasteiger partial charge in [0.1, 0.15) is 17.5 Å². The number of fused-ring (bicyclic) bond motifs is 1. The number of benzene rings is 2. The minimum Gasteiger partial charge on any atom is -0.496 e. The maximum absolute atomic E-state index is 13.4. The first-order valence-electron chi connectivity index (χ1n) is 18.6. The van der Waals surface area contributed by atoms with E-state index in [0.29, 0.717) is 12.5 Å². The molecule has 282 valence electrons. The predicted octanol–water partition coefficient (Wildman–Crippen LogP) is 3.10. The number of imide groups is 1. The first-order chi connectivity index (χ1) is 25.5. The third-order valence-electron chi connectivity index (χ3n) is 11.8. The molecule has 0 radical (unpaired) electrons. The average molecular weight is 726 g/mol. The highest BCUT2D eigenvalue weighted by Gasteiger charge is 2.33. The number of methoxy groups -OCH3 is 2. The van der Waals surface area contributed by atoms with Crippen molar-refractivity contribution < 1.29 is 19.1 Å². The molecule has 3 saturated heterocycles. The number of aryl methyl sites for hydroxylation is 2. The minimum absolute atomic E-state index is 0.00974. The largest absolute Gasteiger partial charge is 0.496 e. The quantitative estimate of drug-likeness (QED) is 0.260. The number of hydrogen-bond donors (Lipinski definition) is 1. The number of imidazole rings is 1. The second kappa shape index (κ2) is 15.0. The number of piperazine rings is 1. The van der Waals surface area contributed by atoms with Crippen molar-refractivity contribution in [1.29, 1.82) is 0 Å². The van der Waals surface area contributed by atoms with E-state index in [9.17, 15) is 19.2 Å². The van der Waals surface area contributed by atoms with E-state index in [4.69, 9.17) is 9.47 Å². The second-order valence-corrected chi connectivity index (χ2v) is 14.9. The highest BCUT2D eigenvalue weighted by molar-refractivity contribution is 6.00. The number of carbonyl (C=O) groups is 2. The minimum atomic E-state index is -0.689. The van der Waals surface area contributed by atoms with E-state index in [0.717, 1.165) is 121 Å². The Morgan fingerprint density at radius 1 is 0.811 bits per heavy atom. The van der Waals surface area contributed by atoms with Crippen molar-refractivity contribution >= 4 is 22.8 Å². The third kappa shape index (κ3) is 6.93. The van der Waals surface area contributed by atoms with Gasteiger partial charge in [0, 0.05) is 83.2 Å². The Morgan fingerprint density at radius 2 is 1.47 bits per heavy atom. The van der Waals surface area contributed by atoms with Crippen molar-refractivity contribution in [3.63, 3.8) is 0 Å². The van der Waals surface area contributed by atoms with Gasteiger partial charge in [-0.25, -0.2) is 4.79 Å². The van der Waals surface area contributed by atoms with Gasteiger partial charge in [0.05, 0.1) is 30.8 Å². The number of pyridine rings is 1. The number of hydrogen-bond acceptors (Lipinski definition) is 9. The molecule has 1 unspecified atom stereocenters. The van der Waals surface area contributed by atoms with E-state index in [1.165, 1.54) is 0 Å². The second-order valence-electron chi connectivity index (χ2n) is 14.9. The lowest BCUT2D eigenvalue weighted by Crippen LogP contribution is -2.52. The van der Waals surface area contributed by atoms with Gasteiger partial charge < -0.3 is 14.0 Å². The maximum Gasteiger partial charge on any atom is 0.329 e. The topological polar surface area (TPSA) is 123 Å². The Labute approximate surface area is 309 Å². The monoisotopic (exact) mass is 725 g/mol. The number of para-hydroxylation sites is 1. The van der Waals surface area contributed by atoms with Crippen LogP contribution in [-0.2, 0) is 36.8 Å². The molecule has 13 nitrogen and oxygen atoms in total. The lowest BCUT2D eigenvalue weighted by Gasteiger charge is -2.43. The van der Waals surface area contributed by atoms with E-state index in [2.05, 4.69) is 38.2 Å². The van der Waals surface area contributed by atoms with Crippen molar-refractivity contribution in [3.05, 3.63) is 79.6 Å². The zero-order chi connectivity index (χ0) is 37.6. The zero-order valence-electron chi connectivity index (χ0n) is 31.7. The molecule has 1 atom stereocenters. The third-order valence-corrected chi connectivity index (χ3v) is 11.8. The number of nitrogens with one attached hydrogen (secondary N) is 1. The summed E-state index contributed by atoms with van der Waals surface area (Å²) in [5.41, 5.74) is 7.09. The van der Waals surface area contributed by atoms with Gasteiger partial charge in [0.25, 0.3) is 5.56 Å². The fraction of sp³-hybridized carbons (Fsp3) is 0.500. The van der Waals surface area contributed by atoms with E-state index in [1.807, 2.05) is 32.2 Å². The molecule has 7 rings (SSSR count). The maximum atomic E-state index is 13.4. The molecule has 0 saturated carbocycles. The fourth-order valence-corrected chi connectivity index (χ4v) is 8.63. The predicted molar refractivity (Wildman–Crippen MR) is 203 cm³/mol. The van der Waals surface area contributed by atoms with Crippen LogP contribution in [0.4, 0.5) is 0 Å². The summed E-state index contributed by atoms with van der Waals surface area (Å²) >= 11 is 0. The van der Waals surface area contributed by atoms with Gasteiger partial charge in [0.15, 0.2) is 0 Å². The first kappa shape index (κ1) is 36.6. The van der Waals surface area contributed by atoms with Crippen LogP contribution in [-0.4, -0.2) is 99.7 Å². The zero-order valence-corrected chi connectivity index (χ0v) is 31.7. The summed E-state index contributed by atoms with van der Waals surface area (Å²) in [5, 5.41) is 2.39. The van der Waals surface area contributed by atoms with Crippen LogP contribution in [0.15, 0.2) is 46.1 Å². The van der Waals surface area contributed by atoms with Crippen molar-refractivity contribution in [2.75, 3.05) is 53.5 Å². The Hall–Kier alpha value is -4.72. The lowest BCUT2D eigenvalue weighted by atomic mass is 9.96. The average Bonchev–Trinajstić information content (AvgIpc) is 3.42. The Bertz CT molecular complexity index is 2140. The molecule has 5 heterocycles. The molecule has 2 aromatic carbocycles. The van der Waals surface area contributed by atoms with Gasteiger partial charge in [0.2, 0.25) is 11.8 Å². The highest BCUT2D eigenvalue weighted by atomic mass is 16.5. The molecule has 0 spiro atoms. The molecule has 0 bridgehead atoms. The van der Waals surface area contributed by atoms with Gasteiger partial charge in [-0.15, -0.1) is 0 Å². The summed E-state index contributed by atoms with van der Waals surface area (Å²) in [7, 11) is 6.95. The van der Waals surface area contributed by atoms with Gasteiger partial charge >= 0.3 is 5.69 Å². The number of nitrogens with zero attached hydrogens (tertiary/aromatic N) is 6. The molecule has 2 aromatic heterocycles. The van der Waals surface area contributed by atoms with Crippen LogP contribution in [0, 0.1) is 13.8 Å². The van der Waals surface area contributed by atoms with Crippen LogP contribution in [0.5, 0.6) is 11.5 Å². The molecule has 4 aromatic rings. The standard InChI is InChI=1S/C40H51N7O6/c1-25-26(2)39(50)42(3)23-30(25)28-20-34(52-5)31(35(21-28)53-6)24-44-14-12-29(13-15-44)46-18-16-45(17-19-46)22-27-8-7-9-32-37(27)43(4)40(51)47(32)33-10-11-36(48)41-38(33)49/h7-9,20-21,23,29,33H,10-19,22,24H2,1-6H3,(H,41,48,49). The molecule has 53 heavy (non-hydrogen) atoms. The summed E-state index contributed by atoms with van der Waals surface area (Å²) in [6.45, 7) is 11.1. The Kier molecular flexibility index (Phi) is 10.3. The number of piperidine rings is 2.